The van der Waals surface area contributed by atoms with E-state index in [0.29, 0.717) is 19.4 Å². The van der Waals surface area contributed by atoms with Crippen LogP contribution in [0.2, 0.25) is 0 Å². The van der Waals surface area contributed by atoms with Crippen molar-refractivity contribution in [1.82, 2.24) is 20.4 Å². The van der Waals surface area contributed by atoms with Crippen molar-refractivity contribution in [3.05, 3.63) is 42.2 Å². The molecule has 1 saturated heterocycles. The normalized spacial score (nSPS) is 15.6. The highest BCUT2D eigenvalue weighted by Gasteiger charge is 2.41. The average molecular weight is 381 g/mol. The lowest BCUT2D eigenvalue weighted by Gasteiger charge is -2.36. The molecule has 2 aromatic rings. The molecule has 7 nitrogen and oxygen atoms in total. The summed E-state index contributed by atoms with van der Waals surface area (Å²) in [6, 6.07) is 7.40. The number of piperidine rings is 1. The smallest absolute Gasteiger partial charge is 0.248 e. The van der Waals surface area contributed by atoms with Crippen molar-refractivity contribution in [2.45, 2.75) is 24.9 Å². The molecule has 1 aromatic carbocycles. The van der Waals surface area contributed by atoms with Crippen LogP contribution in [0.4, 0.5) is 0 Å². The van der Waals surface area contributed by atoms with Crippen LogP contribution < -0.4 is 20.1 Å². The second-order valence-corrected chi connectivity index (χ2v) is 6.09. The van der Waals surface area contributed by atoms with Crippen molar-refractivity contribution in [3.63, 3.8) is 0 Å². The number of rotatable bonds is 6. The zero-order valence-electron chi connectivity index (χ0n) is 15.0. The van der Waals surface area contributed by atoms with E-state index < -0.39 is 5.54 Å². The van der Waals surface area contributed by atoms with Gasteiger partial charge in [-0.15, -0.1) is 12.4 Å². The molecule has 0 unspecified atom stereocenters. The summed E-state index contributed by atoms with van der Waals surface area (Å²) in [7, 11) is 3.23. The number of benzene rings is 1. The molecular weight excluding hydrogens is 356 g/mol. The standard InChI is InChI=1S/C18H24N4O3.ClH/c1-24-15-4-5-16(25-2)14(12-15)13-20-17(23)18(6-9-19-10-7-18)22-11-3-8-21-22;/h3-5,8,11-12,19H,6-7,9-10,13H2,1-2H3,(H,20,23);1H. The van der Waals surface area contributed by atoms with Gasteiger partial charge < -0.3 is 20.1 Å². The van der Waals surface area contributed by atoms with Crippen LogP contribution in [0, 0.1) is 0 Å². The summed E-state index contributed by atoms with van der Waals surface area (Å²) in [6.45, 7) is 1.95. The first kappa shape index (κ1) is 20.1. The first-order valence-corrected chi connectivity index (χ1v) is 8.39. The molecule has 0 aliphatic carbocycles. The topological polar surface area (TPSA) is 77.4 Å². The fraction of sp³-hybridized carbons (Fsp3) is 0.444. The van der Waals surface area contributed by atoms with Crippen LogP contribution in [0.15, 0.2) is 36.7 Å². The van der Waals surface area contributed by atoms with E-state index in [1.54, 1.807) is 25.1 Å². The Morgan fingerprint density at radius 1 is 1.31 bits per heavy atom. The summed E-state index contributed by atoms with van der Waals surface area (Å²) in [5, 5.41) is 10.7. The molecule has 0 saturated carbocycles. The molecule has 1 aliphatic rings. The molecular formula is C18H25ClN4O3. The Balaban J connectivity index is 0.00000243. The molecule has 0 bridgehead atoms. The predicted molar refractivity (Wildman–Crippen MR) is 101 cm³/mol. The van der Waals surface area contributed by atoms with E-state index in [1.165, 1.54) is 0 Å². The number of ether oxygens (including phenoxy) is 2. The molecule has 0 spiro atoms. The van der Waals surface area contributed by atoms with E-state index >= 15 is 0 Å². The van der Waals surface area contributed by atoms with E-state index in [0.717, 1.165) is 30.2 Å². The van der Waals surface area contributed by atoms with Crippen LogP contribution in [0.5, 0.6) is 11.5 Å². The lowest BCUT2D eigenvalue weighted by atomic mass is 9.87. The first-order chi connectivity index (χ1) is 12.2. The summed E-state index contributed by atoms with van der Waals surface area (Å²) >= 11 is 0. The second-order valence-electron chi connectivity index (χ2n) is 6.09. The van der Waals surface area contributed by atoms with Gasteiger partial charge in [0.25, 0.3) is 0 Å². The Labute approximate surface area is 159 Å². The van der Waals surface area contributed by atoms with Gasteiger partial charge in [0, 0.05) is 24.5 Å². The van der Waals surface area contributed by atoms with E-state index in [2.05, 4.69) is 15.7 Å². The van der Waals surface area contributed by atoms with Crippen LogP contribution in [0.1, 0.15) is 18.4 Å². The number of hydrogen-bond acceptors (Lipinski definition) is 5. The molecule has 3 rings (SSSR count). The Morgan fingerprint density at radius 3 is 2.69 bits per heavy atom. The Kier molecular flexibility index (Phi) is 6.88. The number of aromatic nitrogens is 2. The van der Waals surface area contributed by atoms with E-state index in [-0.39, 0.29) is 18.3 Å². The van der Waals surface area contributed by atoms with Gasteiger partial charge in [-0.2, -0.15) is 5.10 Å². The highest BCUT2D eigenvalue weighted by molar-refractivity contribution is 5.85. The number of carbonyl (C=O) groups is 1. The van der Waals surface area contributed by atoms with Crippen LogP contribution in [-0.4, -0.2) is 43.0 Å². The van der Waals surface area contributed by atoms with Gasteiger partial charge in [0.2, 0.25) is 5.91 Å². The lowest BCUT2D eigenvalue weighted by Crippen LogP contribution is -2.54. The van der Waals surface area contributed by atoms with Gasteiger partial charge >= 0.3 is 0 Å². The van der Waals surface area contributed by atoms with Crippen molar-refractivity contribution in [2.75, 3.05) is 27.3 Å². The number of carbonyl (C=O) groups excluding carboxylic acids is 1. The quantitative estimate of drug-likeness (QED) is 0.797. The van der Waals surface area contributed by atoms with Gasteiger partial charge in [-0.25, -0.2) is 0 Å². The average Bonchev–Trinajstić information content (AvgIpc) is 3.21. The van der Waals surface area contributed by atoms with Gasteiger partial charge in [0.15, 0.2) is 0 Å². The summed E-state index contributed by atoms with van der Waals surface area (Å²) in [5.41, 5.74) is 0.223. The number of amides is 1. The first-order valence-electron chi connectivity index (χ1n) is 8.39. The van der Waals surface area contributed by atoms with Crippen molar-refractivity contribution in [3.8, 4) is 11.5 Å². The number of methoxy groups -OCH3 is 2. The minimum Gasteiger partial charge on any atom is -0.497 e. The fourth-order valence-electron chi connectivity index (χ4n) is 3.28. The highest BCUT2D eigenvalue weighted by Crippen LogP contribution is 2.28. The monoisotopic (exact) mass is 380 g/mol. The molecule has 1 fully saturated rings. The van der Waals surface area contributed by atoms with Gasteiger partial charge in [-0.05, 0) is 50.2 Å². The van der Waals surface area contributed by atoms with Crippen molar-refractivity contribution in [2.24, 2.45) is 0 Å². The minimum absolute atomic E-state index is 0. The van der Waals surface area contributed by atoms with E-state index in [4.69, 9.17) is 9.47 Å². The minimum atomic E-state index is -0.652. The molecule has 8 heteroatoms. The van der Waals surface area contributed by atoms with Crippen LogP contribution in [0.3, 0.4) is 0 Å². The van der Waals surface area contributed by atoms with E-state index in [9.17, 15) is 4.79 Å². The Morgan fingerprint density at radius 2 is 2.08 bits per heavy atom. The zero-order valence-corrected chi connectivity index (χ0v) is 15.8. The molecule has 1 aromatic heterocycles. The molecule has 2 heterocycles. The van der Waals surface area contributed by atoms with Crippen molar-refractivity contribution in [1.29, 1.82) is 0 Å². The molecule has 1 aliphatic heterocycles. The predicted octanol–water partition coefficient (Wildman–Crippen LogP) is 1.72. The number of nitrogens with one attached hydrogen (secondary N) is 2. The second kappa shape index (κ2) is 8.91. The fourth-order valence-corrected chi connectivity index (χ4v) is 3.28. The summed E-state index contributed by atoms with van der Waals surface area (Å²) in [6.07, 6.45) is 4.98. The molecule has 26 heavy (non-hydrogen) atoms. The summed E-state index contributed by atoms with van der Waals surface area (Å²) in [5.74, 6) is 1.43. The Bertz CT molecular complexity index is 715. The molecule has 142 valence electrons. The molecule has 0 radical (unpaired) electrons. The lowest BCUT2D eigenvalue weighted by molar-refractivity contribution is -0.132. The number of nitrogens with zero attached hydrogens (tertiary/aromatic N) is 2. The third-order valence-corrected chi connectivity index (χ3v) is 4.72. The third kappa shape index (κ3) is 3.94. The van der Waals surface area contributed by atoms with Crippen LogP contribution >= 0.6 is 12.4 Å². The van der Waals surface area contributed by atoms with Gasteiger partial charge in [-0.3, -0.25) is 9.48 Å². The number of halogens is 1. The molecule has 1 amide bonds. The van der Waals surface area contributed by atoms with Crippen LogP contribution in [0.25, 0.3) is 0 Å². The summed E-state index contributed by atoms with van der Waals surface area (Å²) in [4.78, 5) is 13.1. The van der Waals surface area contributed by atoms with Crippen LogP contribution in [-0.2, 0) is 16.9 Å². The third-order valence-electron chi connectivity index (χ3n) is 4.72. The highest BCUT2D eigenvalue weighted by atomic mass is 35.5. The molecule has 2 N–H and O–H groups in total. The van der Waals surface area contributed by atoms with Gasteiger partial charge in [0.1, 0.15) is 17.0 Å². The zero-order chi connectivity index (χ0) is 17.7. The number of hydrogen-bond donors (Lipinski definition) is 2. The van der Waals surface area contributed by atoms with Gasteiger partial charge in [-0.1, -0.05) is 0 Å². The van der Waals surface area contributed by atoms with Crippen molar-refractivity contribution < 1.29 is 14.3 Å². The maximum atomic E-state index is 13.1. The van der Waals surface area contributed by atoms with Gasteiger partial charge in [0.05, 0.1) is 14.2 Å². The van der Waals surface area contributed by atoms with Crippen molar-refractivity contribution >= 4 is 18.3 Å². The van der Waals surface area contributed by atoms with E-state index in [1.807, 2.05) is 30.5 Å². The summed E-state index contributed by atoms with van der Waals surface area (Å²) < 4.78 is 12.4. The maximum absolute atomic E-state index is 13.1. The maximum Gasteiger partial charge on any atom is 0.248 e. The Hall–Kier alpha value is -2.25. The largest absolute Gasteiger partial charge is 0.497 e. The SMILES string of the molecule is COc1ccc(OC)c(CNC(=O)C2(n3cccn3)CCNCC2)c1.Cl. The molecule has 0 atom stereocenters.